The van der Waals surface area contributed by atoms with Crippen molar-refractivity contribution < 1.29 is 23.3 Å². The van der Waals surface area contributed by atoms with Gasteiger partial charge in [-0.2, -0.15) is 5.10 Å². The lowest BCUT2D eigenvalue weighted by molar-refractivity contribution is 0.0659. The van der Waals surface area contributed by atoms with Crippen LogP contribution in [0.1, 0.15) is 13.8 Å². The first-order chi connectivity index (χ1) is 16.4. The van der Waals surface area contributed by atoms with Gasteiger partial charge in [-0.15, -0.1) is 0 Å². The van der Waals surface area contributed by atoms with E-state index < -0.39 is 23.2 Å². The van der Waals surface area contributed by atoms with Gasteiger partial charge in [-0.05, 0) is 12.1 Å². The maximum Gasteiger partial charge on any atom is 0.427 e. The van der Waals surface area contributed by atoms with E-state index in [0.717, 1.165) is 21.4 Å². The summed E-state index contributed by atoms with van der Waals surface area (Å²) in [6.07, 6.45) is -1.26. The number of benzene rings is 2. The molecule has 1 unspecified atom stereocenters. The Hall–Kier alpha value is -3.18. The third-order valence-corrected chi connectivity index (χ3v) is 6.54. The van der Waals surface area contributed by atoms with Crippen LogP contribution in [0, 0.1) is 0 Å². The highest BCUT2D eigenvalue weighted by molar-refractivity contribution is 7.83. The standard InChI is InChI=1S/C21H27N5O5S.C2H6/c1-22-23-20(27)30-14-15-31-21(28)25-10-12-26(13-11-25)32(29)19-9-5-6-16-17(19)7-4-8-18(16)24(2)3;1-2/h4-9H,1,10-15H2,2-3H3,(H,23,27);1-2H3. The number of nitrogens with one attached hydrogen (secondary N) is 1. The van der Waals surface area contributed by atoms with Crippen LogP contribution in [0.25, 0.3) is 10.8 Å². The van der Waals surface area contributed by atoms with E-state index in [4.69, 9.17) is 9.47 Å². The summed E-state index contributed by atoms with van der Waals surface area (Å²) in [5, 5.41) is 5.17. The zero-order chi connectivity index (χ0) is 25.1. The second-order valence-electron chi connectivity index (χ2n) is 7.21. The van der Waals surface area contributed by atoms with Crippen molar-refractivity contribution >= 4 is 46.3 Å². The lowest BCUT2D eigenvalue weighted by Gasteiger charge is -2.33. The van der Waals surface area contributed by atoms with Crippen molar-refractivity contribution in [3.63, 3.8) is 0 Å². The normalized spacial score (nSPS) is 14.4. The lowest BCUT2D eigenvalue weighted by atomic mass is 10.1. The Morgan fingerprint density at radius 1 is 1.03 bits per heavy atom. The van der Waals surface area contributed by atoms with Crippen molar-refractivity contribution in [1.82, 2.24) is 14.6 Å². The summed E-state index contributed by atoms with van der Waals surface area (Å²) < 4.78 is 25.0. The molecule has 1 aliphatic heterocycles. The fourth-order valence-corrected chi connectivity index (χ4v) is 4.77. The molecule has 1 aliphatic rings. The highest BCUT2D eigenvalue weighted by Gasteiger charge is 2.26. The highest BCUT2D eigenvalue weighted by Crippen LogP contribution is 2.30. The number of carbonyl (C=O) groups excluding carboxylic acids is 2. The molecule has 34 heavy (non-hydrogen) atoms. The molecule has 0 saturated carbocycles. The van der Waals surface area contributed by atoms with E-state index in [1.807, 2.05) is 79.0 Å². The lowest BCUT2D eigenvalue weighted by Crippen LogP contribution is -2.49. The topological polar surface area (TPSA) is 104 Å². The molecule has 0 spiro atoms. The zero-order valence-corrected chi connectivity index (χ0v) is 21.0. The van der Waals surface area contributed by atoms with E-state index >= 15 is 0 Å². The van der Waals surface area contributed by atoms with Crippen molar-refractivity contribution in [1.29, 1.82) is 0 Å². The van der Waals surface area contributed by atoms with Gasteiger partial charge in [-0.1, -0.05) is 38.1 Å². The fourth-order valence-electron chi connectivity index (χ4n) is 3.43. The number of piperazine rings is 1. The van der Waals surface area contributed by atoms with E-state index in [-0.39, 0.29) is 13.2 Å². The molecule has 2 aromatic rings. The molecule has 0 radical (unpaired) electrons. The van der Waals surface area contributed by atoms with Gasteiger partial charge in [-0.3, -0.25) is 0 Å². The van der Waals surface area contributed by atoms with Crippen molar-refractivity contribution in [2.75, 3.05) is 58.4 Å². The van der Waals surface area contributed by atoms with E-state index in [0.29, 0.717) is 26.2 Å². The molecule has 1 atom stereocenters. The molecule has 1 fully saturated rings. The molecule has 0 aliphatic carbocycles. The number of hydrogen-bond acceptors (Lipinski definition) is 7. The fraction of sp³-hybridized carbons (Fsp3) is 0.435. The molecule has 0 bridgehead atoms. The largest absolute Gasteiger partial charge is 0.446 e. The van der Waals surface area contributed by atoms with Gasteiger partial charge in [0.15, 0.2) is 0 Å². The number of amides is 2. The Balaban J connectivity index is 0.00000199. The maximum atomic E-state index is 13.3. The number of nitrogens with zero attached hydrogens (tertiary/aromatic N) is 4. The zero-order valence-electron chi connectivity index (χ0n) is 20.2. The van der Waals surface area contributed by atoms with Gasteiger partial charge in [0.1, 0.15) is 24.2 Å². The van der Waals surface area contributed by atoms with Crippen LogP contribution in [-0.2, 0) is 20.5 Å². The number of carbonyl (C=O) groups is 2. The third kappa shape index (κ3) is 6.91. The Bertz CT molecular complexity index is 1010. The van der Waals surface area contributed by atoms with E-state index in [9.17, 15) is 13.8 Å². The number of ether oxygens (including phenoxy) is 2. The number of rotatable bonds is 7. The van der Waals surface area contributed by atoms with Crippen LogP contribution in [0.15, 0.2) is 46.4 Å². The monoisotopic (exact) mass is 491 g/mol. The number of anilines is 1. The summed E-state index contributed by atoms with van der Waals surface area (Å²) >= 11 is 0. The predicted octanol–water partition coefficient (Wildman–Crippen LogP) is 3.05. The van der Waals surface area contributed by atoms with Crippen molar-refractivity contribution in [3.8, 4) is 0 Å². The second-order valence-corrected chi connectivity index (χ2v) is 8.66. The Labute approximate surface area is 203 Å². The van der Waals surface area contributed by atoms with Crippen molar-refractivity contribution in [2.45, 2.75) is 18.7 Å². The minimum atomic E-state index is -1.35. The van der Waals surface area contributed by atoms with Crippen LogP contribution in [0.4, 0.5) is 15.3 Å². The van der Waals surface area contributed by atoms with Gasteiger partial charge >= 0.3 is 12.2 Å². The molecule has 10 nitrogen and oxygen atoms in total. The summed E-state index contributed by atoms with van der Waals surface area (Å²) in [7, 11) is 2.61. The van der Waals surface area contributed by atoms with E-state index in [1.165, 1.54) is 0 Å². The molecule has 0 aromatic heterocycles. The first-order valence-electron chi connectivity index (χ1n) is 11.1. The number of fused-ring (bicyclic) bond motifs is 1. The Morgan fingerprint density at radius 2 is 1.65 bits per heavy atom. The Kier molecular flexibility index (Phi) is 10.8. The molecule has 1 saturated heterocycles. The molecule has 11 heteroatoms. The van der Waals surface area contributed by atoms with Crippen molar-refractivity contribution in [3.05, 3.63) is 36.4 Å². The first kappa shape index (κ1) is 27.1. The van der Waals surface area contributed by atoms with Gasteiger partial charge in [0, 0.05) is 63.5 Å². The second kappa shape index (κ2) is 13.5. The summed E-state index contributed by atoms with van der Waals surface area (Å²) in [4.78, 5) is 27.6. The smallest absolute Gasteiger partial charge is 0.427 e. The minimum Gasteiger partial charge on any atom is -0.446 e. The van der Waals surface area contributed by atoms with Gasteiger partial charge < -0.3 is 19.3 Å². The van der Waals surface area contributed by atoms with E-state index in [2.05, 4.69) is 11.8 Å². The van der Waals surface area contributed by atoms with Crippen LogP contribution < -0.4 is 10.3 Å². The van der Waals surface area contributed by atoms with Gasteiger partial charge in [-0.25, -0.2) is 23.5 Å². The van der Waals surface area contributed by atoms with Gasteiger partial charge in [0.25, 0.3) is 0 Å². The van der Waals surface area contributed by atoms with Gasteiger partial charge in [0.2, 0.25) is 0 Å². The molecule has 2 aromatic carbocycles. The molecule has 3 rings (SSSR count). The molecule has 186 valence electrons. The van der Waals surface area contributed by atoms with Crippen LogP contribution in [0.2, 0.25) is 0 Å². The Morgan fingerprint density at radius 3 is 2.29 bits per heavy atom. The number of hydrogen-bond donors (Lipinski definition) is 1. The maximum absolute atomic E-state index is 13.3. The number of hydrazone groups is 1. The summed E-state index contributed by atoms with van der Waals surface area (Å²) in [5.41, 5.74) is 3.08. The van der Waals surface area contributed by atoms with Crippen LogP contribution in [0.5, 0.6) is 0 Å². The first-order valence-corrected chi connectivity index (χ1v) is 12.2. The quantitative estimate of drug-likeness (QED) is 0.363. The molecule has 1 N–H and O–H groups in total. The van der Waals surface area contributed by atoms with E-state index in [1.54, 1.807) is 4.90 Å². The molecule has 1 heterocycles. The minimum absolute atomic E-state index is 0.0697. The summed E-state index contributed by atoms with van der Waals surface area (Å²) in [6, 6.07) is 11.8. The average molecular weight is 492 g/mol. The highest BCUT2D eigenvalue weighted by atomic mass is 32.2. The summed E-state index contributed by atoms with van der Waals surface area (Å²) in [5.74, 6) is 0. The van der Waals surface area contributed by atoms with Crippen molar-refractivity contribution in [2.24, 2.45) is 5.10 Å². The molecular formula is C23H33N5O5S. The third-order valence-electron chi connectivity index (χ3n) is 4.97. The van der Waals surface area contributed by atoms with Crippen LogP contribution >= 0.6 is 0 Å². The molecule has 2 amide bonds. The van der Waals surface area contributed by atoms with Gasteiger partial charge in [0.05, 0.1) is 4.90 Å². The summed E-state index contributed by atoms with van der Waals surface area (Å²) in [6.45, 7) is 8.63. The molecular weight excluding hydrogens is 458 g/mol. The van der Waals surface area contributed by atoms with Crippen LogP contribution in [-0.4, -0.2) is 85.8 Å². The predicted molar refractivity (Wildman–Crippen MR) is 135 cm³/mol. The SMILES string of the molecule is C=NNC(=O)OCCOC(=O)N1CCN(S(=O)c2cccc3c(N(C)C)cccc23)CC1.CC. The van der Waals surface area contributed by atoms with Crippen LogP contribution in [0.3, 0.4) is 0 Å². The average Bonchev–Trinajstić information content (AvgIpc) is 2.86.